The first kappa shape index (κ1) is 14.0. The summed E-state index contributed by atoms with van der Waals surface area (Å²) in [5.74, 6) is 0. The number of nitrogens with zero attached hydrogens (tertiary/aromatic N) is 2. The van der Waals surface area contributed by atoms with E-state index in [9.17, 15) is 0 Å². The lowest BCUT2D eigenvalue weighted by Gasteiger charge is -2.30. The summed E-state index contributed by atoms with van der Waals surface area (Å²) in [5, 5.41) is 5.70. The third kappa shape index (κ3) is 2.65. The summed E-state index contributed by atoms with van der Waals surface area (Å²) < 4.78 is 7.98. The zero-order valence-electron chi connectivity index (χ0n) is 12.0. The van der Waals surface area contributed by atoms with E-state index in [0.717, 1.165) is 29.4 Å². The Kier molecular flexibility index (Phi) is 4.22. The molecule has 2 N–H and O–H groups in total. The quantitative estimate of drug-likeness (QED) is 0.869. The van der Waals surface area contributed by atoms with Crippen molar-refractivity contribution in [3.63, 3.8) is 0 Å². The van der Waals surface area contributed by atoms with E-state index in [2.05, 4.69) is 31.1 Å². The zero-order chi connectivity index (χ0) is 13.9. The lowest BCUT2D eigenvalue weighted by Crippen LogP contribution is -2.39. The number of para-hydroxylation sites is 1. The maximum absolute atomic E-state index is 6.08. The summed E-state index contributed by atoms with van der Waals surface area (Å²) in [4.78, 5) is 0. The highest BCUT2D eigenvalue weighted by Gasteiger charge is 2.25. The van der Waals surface area contributed by atoms with Gasteiger partial charge in [-0.25, -0.2) is 0 Å². The first-order valence-electron chi connectivity index (χ1n) is 6.90. The summed E-state index contributed by atoms with van der Waals surface area (Å²) in [6.45, 7) is 5.30. The van der Waals surface area contributed by atoms with Crippen LogP contribution in [0.1, 0.15) is 32.4 Å². The fourth-order valence-corrected chi connectivity index (χ4v) is 2.42. The van der Waals surface area contributed by atoms with Crippen LogP contribution in [0.25, 0.3) is 10.9 Å². The van der Waals surface area contributed by atoms with E-state index in [1.54, 1.807) is 0 Å². The average molecular weight is 261 g/mol. The molecule has 0 saturated carbocycles. The predicted molar refractivity (Wildman–Crippen MR) is 77.9 cm³/mol. The summed E-state index contributed by atoms with van der Waals surface area (Å²) >= 11 is 0. The fraction of sp³-hybridized carbons (Fsp3) is 0.533. The van der Waals surface area contributed by atoms with E-state index in [1.807, 2.05) is 23.9 Å². The SMILES string of the molecule is CCC(CC)(CN)OCc1nn(C)c2ccccc12. The van der Waals surface area contributed by atoms with Gasteiger partial charge in [0.1, 0.15) is 0 Å². The van der Waals surface area contributed by atoms with Crippen molar-refractivity contribution in [1.29, 1.82) is 0 Å². The number of rotatable bonds is 6. The number of hydrogen-bond acceptors (Lipinski definition) is 3. The Balaban J connectivity index is 2.22. The molecule has 1 aromatic carbocycles. The zero-order valence-corrected chi connectivity index (χ0v) is 12.0. The Labute approximate surface area is 114 Å². The molecule has 1 heterocycles. The van der Waals surface area contributed by atoms with E-state index < -0.39 is 0 Å². The molecular weight excluding hydrogens is 238 g/mol. The van der Waals surface area contributed by atoms with Gasteiger partial charge in [-0.1, -0.05) is 32.0 Å². The van der Waals surface area contributed by atoms with E-state index >= 15 is 0 Å². The van der Waals surface area contributed by atoms with Gasteiger partial charge in [-0.15, -0.1) is 0 Å². The van der Waals surface area contributed by atoms with Crippen molar-refractivity contribution in [3.8, 4) is 0 Å². The Morgan fingerprint density at radius 2 is 1.95 bits per heavy atom. The van der Waals surface area contributed by atoms with Crippen LogP contribution in [0.2, 0.25) is 0 Å². The smallest absolute Gasteiger partial charge is 0.0960 e. The second-order valence-electron chi connectivity index (χ2n) is 4.97. The van der Waals surface area contributed by atoms with E-state index in [0.29, 0.717) is 13.2 Å². The first-order chi connectivity index (χ1) is 9.15. The molecule has 0 aliphatic carbocycles. The number of aromatic nitrogens is 2. The molecule has 0 aliphatic heterocycles. The number of fused-ring (bicyclic) bond motifs is 1. The Morgan fingerprint density at radius 3 is 2.58 bits per heavy atom. The van der Waals surface area contributed by atoms with Crippen LogP contribution in [0.15, 0.2) is 24.3 Å². The molecule has 2 rings (SSSR count). The van der Waals surface area contributed by atoms with Crippen LogP contribution in [-0.4, -0.2) is 21.9 Å². The van der Waals surface area contributed by atoms with Gasteiger partial charge in [0.2, 0.25) is 0 Å². The van der Waals surface area contributed by atoms with E-state index in [-0.39, 0.29) is 5.60 Å². The van der Waals surface area contributed by atoms with Crippen molar-refractivity contribution in [2.24, 2.45) is 12.8 Å². The van der Waals surface area contributed by atoms with E-state index in [1.165, 1.54) is 0 Å². The number of nitrogens with two attached hydrogens (primary N) is 1. The molecular formula is C15H23N3O. The van der Waals surface area contributed by atoms with Gasteiger partial charge in [-0.3, -0.25) is 4.68 Å². The van der Waals surface area contributed by atoms with Gasteiger partial charge in [0, 0.05) is 19.0 Å². The fourth-order valence-electron chi connectivity index (χ4n) is 2.42. The highest BCUT2D eigenvalue weighted by Crippen LogP contribution is 2.24. The summed E-state index contributed by atoms with van der Waals surface area (Å²) in [6.07, 6.45) is 1.84. The van der Waals surface area contributed by atoms with Gasteiger partial charge in [0.25, 0.3) is 0 Å². The predicted octanol–water partition coefficient (Wildman–Crippen LogP) is 2.61. The molecule has 0 atom stereocenters. The lowest BCUT2D eigenvalue weighted by atomic mass is 9.97. The minimum atomic E-state index is -0.224. The molecule has 0 radical (unpaired) electrons. The van der Waals surface area contributed by atoms with Gasteiger partial charge in [-0.05, 0) is 18.9 Å². The molecule has 0 spiro atoms. The number of ether oxygens (including phenoxy) is 1. The van der Waals surface area contributed by atoms with Crippen molar-refractivity contribution in [1.82, 2.24) is 9.78 Å². The molecule has 4 heteroatoms. The van der Waals surface area contributed by atoms with E-state index in [4.69, 9.17) is 10.5 Å². The Bertz CT molecular complexity index is 535. The molecule has 2 aromatic rings. The second kappa shape index (κ2) is 5.72. The van der Waals surface area contributed by atoms with Gasteiger partial charge in [-0.2, -0.15) is 5.10 Å². The minimum Gasteiger partial charge on any atom is -0.367 e. The highest BCUT2D eigenvalue weighted by atomic mass is 16.5. The van der Waals surface area contributed by atoms with Crippen LogP contribution in [0.5, 0.6) is 0 Å². The molecule has 104 valence electrons. The topological polar surface area (TPSA) is 53.1 Å². The maximum Gasteiger partial charge on any atom is 0.0960 e. The van der Waals surface area contributed by atoms with Crippen molar-refractivity contribution >= 4 is 10.9 Å². The van der Waals surface area contributed by atoms with Gasteiger partial charge in [0.15, 0.2) is 0 Å². The highest BCUT2D eigenvalue weighted by molar-refractivity contribution is 5.81. The summed E-state index contributed by atoms with van der Waals surface area (Å²) in [5.41, 5.74) is 7.75. The van der Waals surface area contributed by atoms with Crippen LogP contribution >= 0.6 is 0 Å². The molecule has 0 unspecified atom stereocenters. The van der Waals surface area contributed by atoms with Crippen LogP contribution in [0.4, 0.5) is 0 Å². The van der Waals surface area contributed by atoms with Crippen molar-refractivity contribution in [3.05, 3.63) is 30.0 Å². The largest absolute Gasteiger partial charge is 0.367 e. The molecule has 4 nitrogen and oxygen atoms in total. The third-order valence-electron chi connectivity index (χ3n) is 4.01. The first-order valence-corrected chi connectivity index (χ1v) is 6.90. The molecule has 1 aromatic heterocycles. The van der Waals surface area contributed by atoms with Crippen LogP contribution in [0, 0.1) is 0 Å². The minimum absolute atomic E-state index is 0.224. The monoisotopic (exact) mass is 261 g/mol. The summed E-state index contributed by atoms with van der Waals surface area (Å²) in [6, 6.07) is 8.21. The van der Waals surface area contributed by atoms with Crippen molar-refractivity contribution in [2.75, 3.05) is 6.54 Å². The molecule has 0 amide bonds. The lowest BCUT2D eigenvalue weighted by molar-refractivity contribution is -0.0562. The summed E-state index contributed by atoms with van der Waals surface area (Å²) in [7, 11) is 1.96. The van der Waals surface area contributed by atoms with Crippen molar-refractivity contribution < 1.29 is 4.74 Å². The van der Waals surface area contributed by atoms with Gasteiger partial charge in [0.05, 0.1) is 23.4 Å². The molecule has 19 heavy (non-hydrogen) atoms. The molecule has 0 aliphatic rings. The number of aryl methyl sites for hydroxylation is 1. The molecule has 0 bridgehead atoms. The van der Waals surface area contributed by atoms with Gasteiger partial charge >= 0.3 is 0 Å². The van der Waals surface area contributed by atoms with Crippen LogP contribution in [-0.2, 0) is 18.4 Å². The number of hydrogen-bond donors (Lipinski definition) is 1. The third-order valence-corrected chi connectivity index (χ3v) is 4.01. The standard InChI is InChI=1S/C15H23N3O/c1-4-15(5-2,11-16)19-10-13-12-8-6-7-9-14(12)18(3)17-13/h6-9H,4-5,10-11,16H2,1-3H3. The van der Waals surface area contributed by atoms with Gasteiger partial charge < -0.3 is 10.5 Å². The van der Waals surface area contributed by atoms with Crippen LogP contribution in [0.3, 0.4) is 0 Å². The van der Waals surface area contributed by atoms with Crippen molar-refractivity contribution in [2.45, 2.75) is 38.9 Å². The average Bonchev–Trinajstić information content (AvgIpc) is 2.78. The number of benzene rings is 1. The second-order valence-corrected chi connectivity index (χ2v) is 4.97. The Hall–Kier alpha value is -1.39. The Morgan fingerprint density at radius 1 is 1.26 bits per heavy atom. The molecule has 0 fully saturated rings. The molecule has 0 saturated heterocycles. The maximum atomic E-state index is 6.08. The van der Waals surface area contributed by atoms with Crippen LogP contribution < -0.4 is 5.73 Å². The normalized spacial score (nSPS) is 12.2.